The van der Waals surface area contributed by atoms with Crippen LogP contribution in [-0.2, 0) is 9.53 Å². The number of nitro benzene ring substituents is 1. The molecule has 0 spiro atoms. The summed E-state index contributed by atoms with van der Waals surface area (Å²) in [6.07, 6.45) is 0. The summed E-state index contributed by atoms with van der Waals surface area (Å²) in [4.78, 5) is 36.8. The Labute approximate surface area is 155 Å². The lowest BCUT2D eigenvalue weighted by atomic mass is 10.1. The molecule has 10 heteroatoms. The van der Waals surface area contributed by atoms with Crippen LogP contribution < -0.4 is 5.32 Å². The van der Waals surface area contributed by atoms with Crippen LogP contribution in [-0.4, -0.2) is 53.6 Å². The molecule has 0 aliphatic heterocycles. The molecule has 0 fully saturated rings. The molecule has 1 heterocycles. The Balaban J connectivity index is 2.16. The number of aryl methyl sites for hydroxylation is 2. The first kappa shape index (κ1) is 20.0. The van der Waals surface area contributed by atoms with Crippen molar-refractivity contribution in [1.82, 2.24) is 10.1 Å². The van der Waals surface area contributed by atoms with Crippen LogP contribution in [0.15, 0.2) is 28.8 Å². The van der Waals surface area contributed by atoms with Gasteiger partial charge in [-0.15, -0.1) is 0 Å². The standard InChI is InChI=1S/C17H20N4O6/c1-11-4-5-13(9-14(11)21(24)25)17(23)20(6-7-26-3)10-16(22)18-15-8-12(2)27-19-15/h4-5,8-9H,6-7,10H2,1-3H3,(H,18,19,22). The minimum atomic E-state index is -0.550. The number of benzene rings is 1. The van der Waals surface area contributed by atoms with E-state index in [4.69, 9.17) is 9.26 Å². The van der Waals surface area contributed by atoms with Gasteiger partial charge in [-0.25, -0.2) is 0 Å². The first-order chi connectivity index (χ1) is 12.8. The van der Waals surface area contributed by atoms with Gasteiger partial charge in [-0.05, 0) is 19.9 Å². The maximum atomic E-state index is 12.8. The summed E-state index contributed by atoms with van der Waals surface area (Å²) in [5.74, 6) is -0.219. The molecule has 2 amide bonds. The number of carbonyl (C=O) groups excluding carboxylic acids is 2. The number of aromatic nitrogens is 1. The molecule has 0 unspecified atom stereocenters. The van der Waals surface area contributed by atoms with Gasteiger partial charge >= 0.3 is 0 Å². The topological polar surface area (TPSA) is 128 Å². The van der Waals surface area contributed by atoms with Crippen molar-refractivity contribution in [2.45, 2.75) is 13.8 Å². The minimum absolute atomic E-state index is 0.119. The van der Waals surface area contributed by atoms with Gasteiger partial charge in [-0.1, -0.05) is 11.2 Å². The largest absolute Gasteiger partial charge is 0.383 e. The van der Waals surface area contributed by atoms with Crippen LogP contribution in [0.4, 0.5) is 11.5 Å². The molecular weight excluding hydrogens is 356 g/mol. The fourth-order valence-electron chi connectivity index (χ4n) is 2.36. The van der Waals surface area contributed by atoms with Crippen molar-refractivity contribution in [3.8, 4) is 0 Å². The van der Waals surface area contributed by atoms with E-state index in [2.05, 4.69) is 10.5 Å². The lowest BCUT2D eigenvalue weighted by Crippen LogP contribution is -2.40. The molecule has 1 aromatic heterocycles. The molecule has 1 aromatic carbocycles. The number of ether oxygens (including phenoxy) is 1. The zero-order chi connectivity index (χ0) is 20.0. The second-order valence-electron chi connectivity index (χ2n) is 5.85. The number of hydrogen-bond donors (Lipinski definition) is 1. The van der Waals surface area contributed by atoms with E-state index in [0.717, 1.165) is 0 Å². The molecular formula is C17H20N4O6. The van der Waals surface area contributed by atoms with E-state index in [0.29, 0.717) is 11.3 Å². The summed E-state index contributed by atoms with van der Waals surface area (Å²) in [6, 6.07) is 5.74. The zero-order valence-electron chi connectivity index (χ0n) is 15.2. The minimum Gasteiger partial charge on any atom is -0.383 e. The van der Waals surface area contributed by atoms with E-state index in [1.807, 2.05) is 0 Å². The highest BCUT2D eigenvalue weighted by atomic mass is 16.6. The first-order valence-corrected chi connectivity index (χ1v) is 8.08. The lowest BCUT2D eigenvalue weighted by molar-refractivity contribution is -0.385. The predicted octanol–water partition coefficient (Wildman–Crippen LogP) is 1.93. The molecule has 0 aliphatic carbocycles. The second kappa shape index (κ2) is 8.90. The van der Waals surface area contributed by atoms with Crippen LogP contribution in [0.1, 0.15) is 21.7 Å². The summed E-state index contributed by atoms with van der Waals surface area (Å²) in [5, 5.41) is 17.3. The van der Waals surface area contributed by atoms with Crippen LogP contribution in [0, 0.1) is 24.0 Å². The van der Waals surface area contributed by atoms with Gasteiger partial charge in [-0.3, -0.25) is 19.7 Å². The molecule has 27 heavy (non-hydrogen) atoms. The molecule has 2 rings (SSSR count). The fraction of sp³-hybridized carbons (Fsp3) is 0.353. The van der Waals surface area contributed by atoms with Crippen molar-refractivity contribution in [3.05, 3.63) is 51.3 Å². The molecule has 2 aromatic rings. The number of nitrogens with one attached hydrogen (secondary N) is 1. The predicted molar refractivity (Wildman–Crippen MR) is 95.5 cm³/mol. The third-order valence-electron chi connectivity index (χ3n) is 3.74. The highest BCUT2D eigenvalue weighted by Crippen LogP contribution is 2.20. The van der Waals surface area contributed by atoms with Gasteiger partial charge in [0.25, 0.3) is 11.6 Å². The summed E-state index contributed by atoms with van der Waals surface area (Å²) in [6.45, 7) is 3.35. The van der Waals surface area contributed by atoms with Crippen LogP contribution in [0.5, 0.6) is 0 Å². The molecule has 144 valence electrons. The van der Waals surface area contributed by atoms with Gasteiger partial charge < -0.3 is 19.5 Å². The van der Waals surface area contributed by atoms with E-state index in [1.165, 1.54) is 30.2 Å². The number of rotatable bonds is 8. The summed E-state index contributed by atoms with van der Waals surface area (Å²) in [5.41, 5.74) is 0.405. The quantitative estimate of drug-likeness (QED) is 0.550. The Morgan fingerprint density at radius 2 is 2.07 bits per heavy atom. The summed E-state index contributed by atoms with van der Waals surface area (Å²) < 4.78 is 9.85. The molecule has 0 saturated carbocycles. The molecule has 10 nitrogen and oxygen atoms in total. The van der Waals surface area contributed by atoms with Gasteiger partial charge in [0.05, 0.1) is 11.5 Å². The van der Waals surface area contributed by atoms with E-state index >= 15 is 0 Å². The van der Waals surface area contributed by atoms with Crippen molar-refractivity contribution < 1.29 is 23.8 Å². The van der Waals surface area contributed by atoms with Crippen LogP contribution >= 0.6 is 0 Å². The van der Waals surface area contributed by atoms with E-state index in [9.17, 15) is 19.7 Å². The first-order valence-electron chi connectivity index (χ1n) is 8.08. The number of anilines is 1. The van der Waals surface area contributed by atoms with E-state index < -0.39 is 16.7 Å². The Morgan fingerprint density at radius 3 is 2.67 bits per heavy atom. The van der Waals surface area contributed by atoms with Crippen molar-refractivity contribution >= 4 is 23.3 Å². The van der Waals surface area contributed by atoms with Gasteiger partial charge in [-0.2, -0.15) is 0 Å². The Morgan fingerprint density at radius 1 is 1.33 bits per heavy atom. The Bertz CT molecular complexity index is 848. The second-order valence-corrected chi connectivity index (χ2v) is 5.85. The fourth-order valence-corrected chi connectivity index (χ4v) is 2.36. The van der Waals surface area contributed by atoms with Crippen molar-refractivity contribution in [3.63, 3.8) is 0 Å². The lowest BCUT2D eigenvalue weighted by Gasteiger charge is -2.21. The number of carbonyl (C=O) groups is 2. The maximum Gasteiger partial charge on any atom is 0.273 e. The molecule has 0 saturated heterocycles. The molecule has 1 N–H and O–H groups in total. The van der Waals surface area contributed by atoms with Gasteiger partial charge in [0, 0.05) is 36.9 Å². The number of methoxy groups -OCH3 is 1. The average Bonchev–Trinajstić information content (AvgIpc) is 3.02. The number of nitro groups is 1. The highest BCUT2D eigenvalue weighted by Gasteiger charge is 2.22. The monoisotopic (exact) mass is 376 g/mol. The van der Waals surface area contributed by atoms with Gasteiger partial charge in [0.2, 0.25) is 5.91 Å². The van der Waals surface area contributed by atoms with Crippen LogP contribution in [0.2, 0.25) is 0 Å². The average molecular weight is 376 g/mol. The van der Waals surface area contributed by atoms with Gasteiger partial charge in [0.1, 0.15) is 12.3 Å². The molecule has 0 atom stereocenters. The number of nitrogens with zero attached hydrogens (tertiary/aromatic N) is 3. The van der Waals surface area contributed by atoms with Crippen molar-refractivity contribution in [1.29, 1.82) is 0 Å². The molecule has 0 bridgehead atoms. The Hall–Kier alpha value is -3.27. The smallest absolute Gasteiger partial charge is 0.273 e. The van der Waals surface area contributed by atoms with E-state index in [-0.39, 0.29) is 36.8 Å². The number of hydrogen-bond acceptors (Lipinski definition) is 7. The molecule has 0 radical (unpaired) electrons. The normalized spacial score (nSPS) is 10.5. The molecule has 0 aliphatic rings. The van der Waals surface area contributed by atoms with Gasteiger partial charge in [0.15, 0.2) is 5.82 Å². The maximum absolute atomic E-state index is 12.8. The Kier molecular flexibility index (Phi) is 6.61. The third kappa shape index (κ3) is 5.35. The van der Waals surface area contributed by atoms with Crippen LogP contribution in [0.25, 0.3) is 0 Å². The highest BCUT2D eigenvalue weighted by molar-refractivity contribution is 5.99. The van der Waals surface area contributed by atoms with Crippen molar-refractivity contribution in [2.24, 2.45) is 0 Å². The summed E-state index contributed by atoms with van der Waals surface area (Å²) in [7, 11) is 1.47. The van der Waals surface area contributed by atoms with E-state index in [1.54, 1.807) is 19.9 Å². The third-order valence-corrected chi connectivity index (χ3v) is 3.74. The van der Waals surface area contributed by atoms with Crippen LogP contribution in [0.3, 0.4) is 0 Å². The van der Waals surface area contributed by atoms with Crippen molar-refractivity contribution in [2.75, 3.05) is 32.1 Å². The SMILES string of the molecule is COCCN(CC(=O)Nc1cc(C)on1)C(=O)c1ccc(C)c([N+](=O)[O-])c1. The zero-order valence-corrected chi connectivity index (χ0v) is 15.2. The number of amides is 2. The summed E-state index contributed by atoms with van der Waals surface area (Å²) >= 11 is 0.